The fraction of sp³-hybridized carbons (Fsp3) is 0.632. The van der Waals surface area contributed by atoms with E-state index in [-0.39, 0.29) is 5.91 Å². The molecule has 3 N–H and O–H groups in total. The normalized spacial score (nSPS) is 19.3. The average Bonchev–Trinajstić information content (AvgIpc) is 2.55. The van der Waals surface area contributed by atoms with Crippen LogP contribution in [0.5, 0.6) is 0 Å². The van der Waals surface area contributed by atoms with Gasteiger partial charge in [0.15, 0.2) is 0 Å². The average molecular weight is 317 g/mol. The lowest BCUT2D eigenvalue weighted by Gasteiger charge is -2.32. The fourth-order valence-corrected chi connectivity index (χ4v) is 3.26. The number of amides is 1. The van der Waals surface area contributed by atoms with E-state index in [4.69, 9.17) is 5.73 Å². The number of likely N-dealkylation sites (tertiary alicyclic amines) is 1. The molecule has 0 aromatic heterocycles. The first kappa shape index (κ1) is 18.0. The Kier molecular flexibility index (Phi) is 6.60. The summed E-state index contributed by atoms with van der Waals surface area (Å²) in [5, 5.41) is 3.06. The summed E-state index contributed by atoms with van der Waals surface area (Å²) in [4.78, 5) is 14.7. The Morgan fingerprint density at radius 3 is 2.57 bits per heavy atom. The predicted octanol–water partition coefficient (Wildman–Crippen LogP) is 2.53. The molecule has 1 aliphatic rings. The lowest BCUT2D eigenvalue weighted by Crippen LogP contribution is -2.52. The van der Waals surface area contributed by atoms with Crippen LogP contribution in [0, 0.1) is 5.92 Å². The summed E-state index contributed by atoms with van der Waals surface area (Å²) in [5.74, 6) is 0.564. The van der Waals surface area contributed by atoms with Crippen molar-refractivity contribution in [2.75, 3.05) is 19.6 Å². The van der Waals surface area contributed by atoms with Gasteiger partial charge in [0.2, 0.25) is 5.91 Å². The molecule has 1 aromatic rings. The van der Waals surface area contributed by atoms with Crippen LogP contribution in [0.25, 0.3) is 0 Å². The number of hydrogen-bond donors (Lipinski definition) is 2. The number of piperidine rings is 1. The maximum atomic E-state index is 12.2. The molecular weight excluding hydrogens is 286 g/mol. The van der Waals surface area contributed by atoms with Crippen molar-refractivity contribution in [3.63, 3.8) is 0 Å². The number of benzene rings is 1. The summed E-state index contributed by atoms with van der Waals surface area (Å²) in [7, 11) is 0. The minimum Gasteiger partial charge on any atom is -0.354 e. The van der Waals surface area contributed by atoms with Gasteiger partial charge in [0, 0.05) is 13.1 Å². The number of hydrogen-bond acceptors (Lipinski definition) is 3. The van der Waals surface area contributed by atoms with Gasteiger partial charge in [-0.1, -0.05) is 43.7 Å². The highest BCUT2D eigenvalue weighted by atomic mass is 16.2. The lowest BCUT2D eigenvalue weighted by molar-refractivity contribution is -0.126. The molecule has 0 spiro atoms. The third-order valence-electron chi connectivity index (χ3n) is 4.80. The molecule has 23 heavy (non-hydrogen) atoms. The molecule has 0 bridgehead atoms. The highest BCUT2D eigenvalue weighted by molar-refractivity contribution is 5.85. The minimum absolute atomic E-state index is 0.00827. The van der Waals surface area contributed by atoms with E-state index in [0.717, 1.165) is 51.9 Å². The molecule has 128 valence electrons. The van der Waals surface area contributed by atoms with Crippen molar-refractivity contribution in [1.29, 1.82) is 0 Å². The second-order valence-electron chi connectivity index (χ2n) is 7.08. The Bertz CT molecular complexity index is 479. The lowest BCUT2D eigenvalue weighted by atomic mass is 9.94. The largest absolute Gasteiger partial charge is 0.354 e. The van der Waals surface area contributed by atoms with Crippen LogP contribution >= 0.6 is 0 Å². The van der Waals surface area contributed by atoms with Gasteiger partial charge in [0.05, 0.1) is 5.54 Å². The maximum absolute atomic E-state index is 12.2. The van der Waals surface area contributed by atoms with Gasteiger partial charge < -0.3 is 11.1 Å². The van der Waals surface area contributed by atoms with Gasteiger partial charge in [0.1, 0.15) is 0 Å². The van der Waals surface area contributed by atoms with Crippen LogP contribution in [0.2, 0.25) is 0 Å². The van der Waals surface area contributed by atoms with Crippen LogP contribution in [0.3, 0.4) is 0 Å². The monoisotopic (exact) mass is 317 g/mol. The Morgan fingerprint density at radius 2 is 1.96 bits per heavy atom. The van der Waals surface area contributed by atoms with E-state index >= 15 is 0 Å². The summed E-state index contributed by atoms with van der Waals surface area (Å²) in [6.07, 6.45) is 3.94. The molecule has 4 nitrogen and oxygen atoms in total. The zero-order valence-electron chi connectivity index (χ0n) is 14.6. The highest BCUT2D eigenvalue weighted by Gasteiger charge is 2.28. The Balaban J connectivity index is 1.70. The predicted molar refractivity (Wildman–Crippen MR) is 95.0 cm³/mol. The van der Waals surface area contributed by atoms with Crippen LogP contribution in [-0.4, -0.2) is 36.0 Å². The van der Waals surface area contributed by atoms with Crippen LogP contribution in [0.15, 0.2) is 30.3 Å². The van der Waals surface area contributed by atoms with Gasteiger partial charge in [0.25, 0.3) is 0 Å². The van der Waals surface area contributed by atoms with Gasteiger partial charge in [-0.05, 0) is 50.8 Å². The summed E-state index contributed by atoms with van der Waals surface area (Å²) in [6.45, 7) is 7.87. The molecule has 1 heterocycles. The number of carbonyl (C=O) groups is 1. The summed E-state index contributed by atoms with van der Waals surface area (Å²) in [5.41, 5.74) is 6.71. The Labute approximate surface area is 140 Å². The van der Waals surface area contributed by atoms with Gasteiger partial charge >= 0.3 is 0 Å². The van der Waals surface area contributed by atoms with E-state index < -0.39 is 5.54 Å². The molecule has 1 fully saturated rings. The molecule has 0 radical (unpaired) electrons. The van der Waals surface area contributed by atoms with Gasteiger partial charge in [-0.3, -0.25) is 9.69 Å². The maximum Gasteiger partial charge on any atom is 0.239 e. The third-order valence-corrected chi connectivity index (χ3v) is 4.80. The van der Waals surface area contributed by atoms with Crippen molar-refractivity contribution >= 4 is 5.91 Å². The van der Waals surface area contributed by atoms with E-state index in [0.29, 0.717) is 5.92 Å². The topological polar surface area (TPSA) is 58.4 Å². The van der Waals surface area contributed by atoms with Crippen molar-refractivity contribution in [3.05, 3.63) is 35.9 Å². The SMILES string of the molecule is CCCC(C)(N)C(=O)NCC1CCN(Cc2ccccc2)CC1. The zero-order chi connectivity index (χ0) is 16.7. The molecule has 1 aliphatic heterocycles. The van der Waals surface area contributed by atoms with Crippen LogP contribution in [-0.2, 0) is 11.3 Å². The van der Waals surface area contributed by atoms with Crippen molar-refractivity contribution in [2.45, 2.75) is 51.6 Å². The second kappa shape index (κ2) is 8.46. The second-order valence-corrected chi connectivity index (χ2v) is 7.08. The standard InChI is InChI=1S/C19H31N3O/c1-3-11-19(2,20)18(23)21-14-16-9-12-22(13-10-16)15-17-7-5-4-6-8-17/h4-8,16H,3,9-15,20H2,1-2H3,(H,21,23). The molecule has 0 aliphatic carbocycles. The molecule has 1 amide bonds. The van der Waals surface area contributed by atoms with Crippen LogP contribution in [0.1, 0.15) is 45.1 Å². The quantitative estimate of drug-likeness (QED) is 0.812. The molecular formula is C19H31N3O. The molecule has 1 aromatic carbocycles. The Hall–Kier alpha value is -1.39. The number of nitrogens with one attached hydrogen (secondary N) is 1. The zero-order valence-corrected chi connectivity index (χ0v) is 14.6. The van der Waals surface area contributed by atoms with E-state index in [1.165, 1.54) is 5.56 Å². The minimum atomic E-state index is -0.733. The first-order valence-electron chi connectivity index (χ1n) is 8.84. The van der Waals surface area contributed by atoms with Crippen molar-refractivity contribution < 1.29 is 4.79 Å². The smallest absolute Gasteiger partial charge is 0.239 e. The first-order valence-corrected chi connectivity index (χ1v) is 8.84. The van der Waals surface area contributed by atoms with E-state index in [9.17, 15) is 4.79 Å². The number of rotatable bonds is 7. The molecule has 4 heteroatoms. The van der Waals surface area contributed by atoms with Gasteiger partial charge in [-0.2, -0.15) is 0 Å². The molecule has 1 unspecified atom stereocenters. The van der Waals surface area contributed by atoms with E-state index in [2.05, 4.69) is 47.5 Å². The summed E-state index contributed by atoms with van der Waals surface area (Å²) < 4.78 is 0. The van der Waals surface area contributed by atoms with Crippen molar-refractivity contribution in [2.24, 2.45) is 11.7 Å². The third kappa shape index (κ3) is 5.63. The summed E-state index contributed by atoms with van der Waals surface area (Å²) >= 11 is 0. The van der Waals surface area contributed by atoms with E-state index in [1.54, 1.807) is 0 Å². The van der Waals surface area contributed by atoms with Crippen LogP contribution < -0.4 is 11.1 Å². The van der Waals surface area contributed by atoms with Crippen molar-refractivity contribution in [3.8, 4) is 0 Å². The molecule has 1 saturated heterocycles. The fourth-order valence-electron chi connectivity index (χ4n) is 3.26. The highest BCUT2D eigenvalue weighted by Crippen LogP contribution is 2.19. The first-order chi connectivity index (χ1) is 11.0. The van der Waals surface area contributed by atoms with Crippen molar-refractivity contribution in [1.82, 2.24) is 10.2 Å². The molecule has 1 atom stereocenters. The Morgan fingerprint density at radius 1 is 1.30 bits per heavy atom. The number of nitrogens with two attached hydrogens (primary N) is 1. The van der Waals surface area contributed by atoms with E-state index in [1.807, 2.05) is 6.92 Å². The molecule has 0 saturated carbocycles. The number of carbonyl (C=O) groups excluding carboxylic acids is 1. The van der Waals surface area contributed by atoms with Crippen LogP contribution in [0.4, 0.5) is 0 Å². The summed E-state index contributed by atoms with van der Waals surface area (Å²) in [6, 6.07) is 10.6. The number of nitrogens with zero attached hydrogens (tertiary/aromatic N) is 1. The molecule has 2 rings (SSSR count). The van der Waals surface area contributed by atoms with Gasteiger partial charge in [-0.25, -0.2) is 0 Å². The van der Waals surface area contributed by atoms with Gasteiger partial charge in [-0.15, -0.1) is 0 Å².